The molecule has 0 spiro atoms. The lowest BCUT2D eigenvalue weighted by Gasteiger charge is -2.04. The summed E-state index contributed by atoms with van der Waals surface area (Å²) in [6.45, 7) is 0. The van der Waals surface area contributed by atoms with Crippen molar-refractivity contribution in [3.05, 3.63) is 109 Å². The van der Waals surface area contributed by atoms with Gasteiger partial charge in [-0.15, -0.1) is 22.7 Å². The van der Waals surface area contributed by atoms with Crippen molar-refractivity contribution < 1.29 is 0 Å². The smallest absolute Gasteiger partial charge is 0.0540 e. The molecular weight excluding hydrogens is 400 g/mol. The number of fused-ring (bicyclic) bond motifs is 2. The first-order chi connectivity index (χ1) is 14.9. The predicted molar refractivity (Wildman–Crippen MR) is 134 cm³/mol. The SMILES string of the molecule is c1ccc(-c2c(-c3sc(-c4ccccc4)c4ccccc34)sc3ccccc23)cc1. The van der Waals surface area contributed by atoms with Crippen LogP contribution in [0.15, 0.2) is 109 Å². The summed E-state index contributed by atoms with van der Waals surface area (Å²) in [5.41, 5.74) is 3.92. The summed E-state index contributed by atoms with van der Waals surface area (Å²) in [6.07, 6.45) is 0. The van der Waals surface area contributed by atoms with E-state index < -0.39 is 0 Å². The van der Waals surface area contributed by atoms with Crippen LogP contribution in [0.5, 0.6) is 0 Å². The predicted octanol–water partition coefficient (Wildman–Crippen LogP) is 9.12. The molecule has 0 aliphatic rings. The second kappa shape index (κ2) is 7.24. The van der Waals surface area contributed by atoms with E-state index >= 15 is 0 Å². The van der Waals surface area contributed by atoms with E-state index in [2.05, 4.69) is 109 Å². The number of rotatable bonds is 3. The van der Waals surface area contributed by atoms with Gasteiger partial charge < -0.3 is 0 Å². The quantitative estimate of drug-likeness (QED) is 0.269. The average molecular weight is 419 g/mol. The molecule has 2 heteroatoms. The second-order valence-corrected chi connectivity index (χ2v) is 9.41. The first-order valence-electron chi connectivity index (χ1n) is 10.0. The number of thiophene rings is 2. The Bertz CT molecular complexity index is 1470. The maximum absolute atomic E-state index is 2.27. The highest BCUT2D eigenvalue weighted by molar-refractivity contribution is 7.28. The molecule has 2 heterocycles. The fourth-order valence-corrected chi connectivity index (χ4v) is 6.82. The lowest BCUT2D eigenvalue weighted by atomic mass is 10.00. The topological polar surface area (TPSA) is 0 Å². The van der Waals surface area contributed by atoms with Gasteiger partial charge in [-0.2, -0.15) is 0 Å². The molecule has 142 valence electrons. The lowest BCUT2D eigenvalue weighted by Crippen LogP contribution is -1.78. The van der Waals surface area contributed by atoms with Gasteiger partial charge in [-0.25, -0.2) is 0 Å². The van der Waals surface area contributed by atoms with Crippen molar-refractivity contribution in [3.8, 4) is 31.3 Å². The van der Waals surface area contributed by atoms with E-state index in [4.69, 9.17) is 0 Å². The van der Waals surface area contributed by atoms with Crippen molar-refractivity contribution in [2.75, 3.05) is 0 Å². The van der Waals surface area contributed by atoms with Gasteiger partial charge in [0.05, 0.1) is 9.75 Å². The molecule has 0 amide bonds. The molecule has 0 saturated heterocycles. The molecule has 0 N–H and O–H groups in total. The molecule has 0 atom stereocenters. The van der Waals surface area contributed by atoms with Gasteiger partial charge in [0.2, 0.25) is 0 Å². The molecule has 4 aromatic carbocycles. The van der Waals surface area contributed by atoms with Gasteiger partial charge in [-0.05, 0) is 17.2 Å². The zero-order valence-electron chi connectivity index (χ0n) is 16.2. The first kappa shape index (κ1) is 17.6. The third-order valence-corrected chi connectivity index (χ3v) is 8.13. The molecule has 0 unspecified atom stereocenters. The van der Waals surface area contributed by atoms with Gasteiger partial charge >= 0.3 is 0 Å². The van der Waals surface area contributed by atoms with Crippen LogP contribution in [0.1, 0.15) is 0 Å². The molecule has 0 radical (unpaired) electrons. The van der Waals surface area contributed by atoms with E-state index in [1.165, 1.54) is 52.2 Å². The summed E-state index contributed by atoms with van der Waals surface area (Å²) < 4.78 is 1.34. The van der Waals surface area contributed by atoms with Crippen molar-refractivity contribution in [1.82, 2.24) is 0 Å². The summed E-state index contributed by atoms with van der Waals surface area (Å²) in [5, 5.41) is 4.01. The monoisotopic (exact) mass is 418 g/mol. The largest absolute Gasteiger partial charge is 0.134 e. The molecule has 6 aromatic rings. The molecule has 0 saturated carbocycles. The van der Waals surface area contributed by atoms with Crippen molar-refractivity contribution in [2.45, 2.75) is 0 Å². The summed E-state index contributed by atoms with van der Waals surface area (Å²) in [7, 11) is 0. The summed E-state index contributed by atoms with van der Waals surface area (Å²) in [4.78, 5) is 4.08. The lowest BCUT2D eigenvalue weighted by molar-refractivity contribution is 1.69. The Morgan fingerprint density at radius 3 is 1.60 bits per heavy atom. The summed E-state index contributed by atoms with van der Waals surface area (Å²) in [5.74, 6) is 0. The Morgan fingerprint density at radius 1 is 0.367 bits per heavy atom. The molecule has 0 nitrogen and oxygen atoms in total. The molecule has 6 rings (SSSR count). The first-order valence-corrected chi connectivity index (χ1v) is 11.7. The Hall–Kier alpha value is -3.20. The van der Waals surface area contributed by atoms with Crippen LogP contribution < -0.4 is 0 Å². The molecule has 2 aromatic heterocycles. The molecule has 0 bridgehead atoms. The highest BCUT2D eigenvalue weighted by Gasteiger charge is 2.21. The van der Waals surface area contributed by atoms with Gasteiger partial charge in [0, 0.05) is 31.3 Å². The van der Waals surface area contributed by atoms with Crippen molar-refractivity contribution in [2.24, 2.45) is 0 Å². The molecule has 0 aliphatic heterocycles. The normalized spacial score (nSPS) is 11.3. The second-order valence-electron chi connectivity index (χ2n) is 7.34. The fraction of sp³-hybridized carbons (Fsp3) is 0. The summed E-state index contributed by atoms with van der Waals surface area (Å²) in [6, 6.07) is 39.2. The Morgan fingerprint density at radius 2 is 0.900 bits per heavy atom. The number of hydrogen-bond donors (Lipinski definition) is 0. The van der Waals surface area contributed by atoms with Gasteiger partial charge in [-0.1, -0.05) is 103 Å². The van der Waals surface area contributed by atoms with E-state index in [0.29, 0.717) is 0 Å². The van der Waals surface area contributed by atoms with Gasteiger partial charge in [-0.3, -0.25) is 0 Å². The number of benzene rings is 4. The van der Waals surface area contributed by atoms with Crippen LogP contribution >= 0.6 is 22.7 Å². The molecule has 0 fully saturated rings. The minimum Gasteiger partial charge on any atom is -0.134 e. The third kappa shape index (κ3) is 2.80. The Labute approximate surface area is 183 Å². The number of hydrogen-bond acceptors (Lipinski definition) is 2. The molecule has 0 aliphatic carbocycles. The summed E-state index contributed by atoms with van der Waals surface area (Å²) >= 11 is 3.82. The molecular formula is C28H18S2. The van der Waals surface area contributed by atoms with Crippen molar-refractivity contribution in [1.29, 1.82) is 0 Å². The minimum absolute atomic E-state index is 1.28. The Balaban J connectivity index is 1.70. The van der Waals surface area contributed by atoms with Crippen LogP contribution in [0.4, 0.5) is 0 Å². The standard InChI is InChI=1S/C28H18S2/c1-3-11-19(12-4-1)25-23-17-9-10-18-24(23)29-28(25)27-22-16-8-7-15-21(22)26(30-27)20-13-5-2-6-14-20/h1-18H. The van der Waals surface area contributed by atoms with Crippen LogP contribution in [0.2, 0.25) is 0 Å². The highest BCUT2D eigenvalue weighted by Crippen LogP contribution is 2.51. The van der Waals surface area contributed by atoms with Crippen LogP contribution in [0, 0.1) is 0 Å². The van der Waals surface area contributed by atoms with E-state index in [-0.39, 0.29) is 0 Å². The van der Waals surface area contributed by atoms with Gasteiger partial charge in [0.1, 0.15) is 0 Å². The van der Waals surface area contributed by atoms with Crippen LogP contribution in [-0.2, 0) is 0 Å². The molecule has 30 heavy (non-hydrogen) atoms. The van der Waals surface area contributed by atoms with Gasteiger partial charge in [0.15, 0.2) is 0 Å². The maximum Gasteiger partial charge on any atom is 0.0540 e. The van der Waals surface area contributed by atoms with Crippen LogP contribution in [-0.4, -0.2) is 0 Å². The van der Waals surface area contributed by atoms with Gasteiger partial charge in [0.25, 0.3) is 0 Å². The van der Waals surface area contributed by atoms with E-state index in [0.717, 1.165) is 0 Å². The zero-order chi connectivity index (χ0) is 19.9. The minimum atomic E-state index is 1.28. The fourth-order valence-electron chi connectivity index (χ4n) is 4.16. The van der Waals surface area contributed by atoms with Crippen LogP contribution in [0.25, 0.3) is 52.2 Å². The van der Waals surface area contributed by atoms with E-state index in [9.17, 15) is 0 Å². The van der Waals surface area contributed by atoms with E-state index in [1.807, 2.05) is 22.7 Å². The third-order valence-electron chi connectivity index (χ3n) is 5.52. The average Bonchev–Trinajstić information content (AvgIpc) is 3.39. The highest BCUT2D eigenvalue weighted by atomic mass is 32.1. The zero-order valence-corrected chi connectivity index (χ0v) is 17.8. The maximum atomic E-state index is 2.27. The van der Waals surface area contributed by atoms with Crippen LogP contribution in [0.3, 0.4) is 0 Å². The van der Waals surface area contributed by atoms with Crippen molar-refractivity contribution in [3.63, 3.8) is 0 Å². The Kier molecular flexibility index (Phi) is 4.26. The van der Waals surface area contributed by atoms with Crippen molar-refractivity contribution >= 4 is 43.5 Å². The van der Waals surface area contributed by atoms with E-state index in [1.54, 1.807) is 0 Å².